The maximum absolute atomic E-state index is 13.8. The van der Waals surface area contributed by atoms with Crippen molar-refractivity contribution in [3.8, 4) is 0 Å². The minimum Gasteiger partial charge on any atom is -0.380 e. The lowest BCUT2D eigenvalue weighted by molar-refractivity contribution is 0.612. The van der Waals surface area contributed by atoms with Crippen molar-refractivity contribution in [2.45, 2.75) is 6.54 Å². The lowest BCUT2D eigenvalue weighted by Gasteiger charge is -2.10. The molecule has 3 rings (SSSR count). The van der Waals surface area contributed by atoms with Crippen molar-refractivity contribution in [1.82, 2.24) is 0 Å². The lowest BCUT2D eigenvalue weighted by Crippen LogP contribution is -2.02. The fourth-order valence-corrected chi connectivity index (χ4v) is 2.57. The zero-order chi connectivity index (χ0) is 13.9. The molecule has 0 unspecified atom stereocenters. The van der Waals surface area contributed by atoms with Crippen LogP contribution in [0.4, 0.5) is 10.1 Å². The van der Waals surface area contributed by atoms with E-state index in [1.54, 1.807) is 6.07 Å². The SMILES string of the molecule is Fc1cc(Br)ccc1CNc1cccc2ccccc12. The number of benzene rings is 3. The summed E-state index contributed by atoms with van der Waals surface area (Å²) in [6.07, 6.45) is 0. The Bertz CT molecular complexity index is 750. The van der Waals surface area contributed by atoms with Crippen LogP contribution in [0.25, 0.3) is 10.8 Å². The predicted molar refractivity (Wildman–Crippen MR) is 85.4 cm³/mol. The van der Waals surface area contributed by atoms with Crippen LogP contribution in [0.3, 0.4) is 0 Å². The molecule has 0 aliphatic heterocycles. The number of hydrogen-bond donors (Lipinski definition) is 1. The predicted octanol–water partition coefficient (Wildman–Crippen LogP) is 5.35. The Hall–Kier alpha value is -1.87. The van der Waals surface area contributed by atoms with Gasteiger partial charge >= 0.3 is 0 Å². The van der Waals surface area contributed by atoms with Gasteiger partial charge in [0.05, 0.1) is 0 Å². The molecule has 3 aromatic rings. The van der Waals surface area contributed by atoms with Gasteiger partial charge < -0.3 is 5.32 Å². The Kier molecular flexibility index (Phi) is 3.70. The molecule has 1 N–H and O–H groups in total. The summed E-state index contributed by atoms with van der Waals surface area (Å²) < 4.78 is 14.6. The van der Waals surface area contributed by atoms with Gasteiger partial charge in [-0.1, -0.05) is 58.4 Å². The highest BCUT2D eigenvalue weighted by molar-refractivity contribution is 9.10. The van der Waals surface area contributed by atoms with Crippen LogP contribution in [0.5, 0.6) is 0 Å². The van der Waals surface area contributed by atoms with Crippen LogP contribution < -0.4 is 5.32 Å². The molecule has 100 valence electrons. The molecule has 0 bridgehead atoms. The van der Waals surface area contributed by atoms with E-state index >= 15 is 0 Å². The second-order valence-corrected chi connectivity index (χ2v) is 5.53. The summed E-state index contributed by atoms with van der Waals surface area (Å²) in [4.78, 5) is 0. The van der Waals surface area contributed by atoms with E-state index in [9.17, 15) is 4.39 Å². The van der Waals surface area contributed by atoms with E-state index in [4.69, 9.17) is 0 Å². The van der Waals surface area contributed by atoms with Crippen molar-refractivity contribution < 1.29 is 4.39 Å². The van der Waals surface area contributed by atoms with Gasteiger partial charge in [-0.25, -0.2) is 4.39 Å². The molecule has 3 heteroatoms. The zero-order valence-corrected chi connectivity index (χ0v) is 12.3. The van der Waals surface area contributed by atoms with Gasteiger partial charge in [0, 0.05) is 27.7 Å². The molecule has 0 fully saturated rings. The quantitative estimate of drug-likeness (QED) is 0.682. The third-order valence-electron chi connectivity index (χ3n) is 3.27. The Morgan fingerprint density at radius 2 is 1.75 bits per heavy atom. The summed E-state index contributed by atoms with van der Waals surface area (Å²) in [6, 6.07) is 19.4. The molecule has 0 radical (unpaired) electrons. The van der Waals surface area contributed by atoms with Gasteiger partial charge in [-0.15, -0.1) is 0 Å². The molecule has 20 heavy (non-hydrogen) atoms. The van der Waals surface area contributed by atoms with Crippen molar-refractivity contribution in [1.29, 1.82) is 0 Å². The summed E-state index contributed by atoms with van der Waals surface area (Å²) in [6.45, 7) is 0.465. The monoisotopic (exact) mass is 329 g/mol. The Morgan fingerprint density at radius 3 is 2.60 bits per heavy atom. The number of fused-ring (bicyclic) bond motifs is 1. The van der Waals surface area contributed by atoms with E-state index < -0.39 is 0 Å². The van der Waals surface area contributed by atoms with Crippen LogP contribution in [0.15, 0.2) is 65.1 Å². The highest BCUT2D eigenvalue weighted by atomic mass is 79.9. The van der Waals surface area contributed by atoms with Crippen molar-refractivity contribution in [3.05, 3.63) is 76.5 Å². The third kappa shape index (κ3) is 2.68. The highest BCUT2D eigenvalue weighted by Crippen LogP contribution is 2.24. The van der Waals surface area contributed by atoms with Crippen molar-refractivity contribution in [2.24, 2.45) is 0 Å². The molecular weight excluding hydrogens is 317 g/mol. The highest BCUT2D eigenvalue weighted by Gasteiger charge is 2.04. The Balaban J connectivity index is 1.87. The summed E-state index contributed by atoms with van der Waals surface area (Å²) in [5.74, 6) is -0.202. The van der Waals surface area contributed by atoms with Gasteiger partial charge in [0.2, 0.25) is 0 Å². The van der Waals surface area contributed by atoms with E-state index in [1.165, 1.54) is 11.5 Å². The summed E-state index contributed by atoms with van der Waals surface area (Å²) in [5.41, 5.74) is 1.67. The molecule has 0 saturated heterocycles. The average molecular weight is 330 g/mol. The van der Waals surface area contributed by atoms with Crippen LogP contribution >= 0.6 is 15.9 Å². The van der Waals surface area contributed by atoms with E-state index in [-0.39, 0.29) is 5.82 Å². The number of nitrogens with one attached hydrogen (secondary N) is 1. The number of hydrogen-bond acceptors (Lipinski definition) is 1. The van der Waals surface area contributed by atoms with Crippen LogP contribution in [-0.2, 0) is 6.54 Å². The van der Waals surface area contributed by atoms with E-state index in [2.05, 4.69) is 39.4 Å². The normalized spacial score (nSPS) is 10.7. The smallest absolute Gasteiger partial charge is 0.129 e. The first-order valence-corrected chi connectivity index (χ1v) is 7.19. The van der Waals surface area contributed by atoms with Gasteiger partial charge in [0.25, 0.3) is 0 Å². The van der Waals surface area contributed by atoms with Gasteiger partial charge in [0.1, 0.15) is 5.82 Å². The van der Waals surface area contributed by atoms with Crippen molar-refractivity contribution in [2.75, 3.05) is 5.32 Å². The first-order valence-electron chi connectivity index (χ1n) is 6.39. The topological polar surface area (TPSA) is 12.0 Å². The molecule has 0 atom stereocenters. The first kappa shape index (κ1) is 13.1. The van der Waals surface area contributed by atoms with E-state index in [0.717, 1.165) is 15.5 Å². The third-order valence-corrected chi connectivity index (χ3v) is 3.77. The summed E-state index contributed by atoms with van der Waals surface area (Å²) in [7, 11) is 0. The molecule has 0 aliphatic carbocycles. The number of anilines is 1. The van der Waals surface area contributed by atoms with Crippen LogP contribution in [0.2, 0.25) is 0 Å². The van der Waals surface area contributed by atoms with Crippen LogP contribution in [0.1, 0.15) is 5.56 Å². The Labute approximate surface area is 125 Å². The molecule has 0 saturated carbocycles. The zero-order valence-electron chi connectivity index (χ0n) is 10.7. The van der Waals surface area contributed by atoms with Crippen LogP contribution in [-0.4, -0.2) is 0 Å². The van der Waals surface area contributed by atoms with E-state index in [0.29, 0.717) is 12.1 Å². The second-order valence-electron chi connectivity index (χ2n) is 4.62. The molecule has 0 aliphatic rings. The fourth-order valence-electron chi connectivity index (χ4n) is 2.24. The average Bonchev–Trinajstić information content (AvgIpc) is 2.46. The number of rotatable bonds is 3. The molecule has 1 nitrogen and oxygen atoms in total. The van der Waals surface area contributed by atoms with Gasteiger partial charge in [-0.3, -0.25) is 0 Å². The minimum absolute atomic E-state index is 0.202. The van der Waals surface area contributed by atoms with Gasteiger partial charge in [0.15, 0.2) is 0 Å². The lowest BCUT2D eigenvalue weighted by atomic mass is 10.1. The van der Waals surface area contributed by atoms with Crippen molar-refractivity contribution >= 4 is 32.4 Å². The molecular formula is C17H13BrFN. The minimum atomic E-state index is -0.202. The second kappa shape index (κ2) is 5.63. The molecule has 0 amide bonds. The summed E-state index contributed by atoms with van der Waals surface area (Å²) in [5, 5.41) is 5.63. The standard InChI is InChI=1S/C17H13BrFN/c18-14-9-8-13(16(19)10-14)11-20-17-7-3-5-12-4-1-2-6-15(12)17/h1-10,20H,11H2. The Morgan fingerprint density at radius 1 is 0.950 bits per heavy atom. The summed E-state index contributed by atoms with van der Waals surface area (Å²) >= 11 is 3.26. The molecule has 0 heterocycles. The fraction of sp³-hybridized carbons (Fsp3) is 0.0588. The maximum atomic E-state index is 13.8. The van der Waals surface area contributed by atoms with Gasteiger partial charge in [-0.05, 0) is 23.6 Å². The van der Waals surface area contributed by atoms with Crippen LogP contribution in [0, 0.1) is 5.82 Å². The molecule has 0 aromatic heterocycles. The van der Waals surface area contributed by atoms with Crippen molar-refractivity contribution in [3.63, 3.8) is 0 Å². The molecule has 3 aromatic carbocycles. The number of halogens is 2. The van der Waals surface area contributed by atoms with Gasteiger partial charge in [-0.2, -0.15) is 0 Å². The van der Waals surface area contributed by atoms with E-state index in [1.807, 2.05) is 30.3 Å². The largest absolute Gasteiger partial charge is 0.380 e. The molecule has 0 spiro atoms. The maximum Gasteiger partial charge on any atom is 0.129 e. The first-order chi connectivity index (χ1) is 9.74.